The molecule has 1 fully saturated rings. The van der Waals surface area contributed by atoms with Crippen molar-refractivity contribution in [2.24, 2.45) is 0 Å². The number of amides is 1. The summed E-state index contributed by atoms with van der Waals surface area (Å²) in [6.07, 6.45) is 5.40. The molecule has 2 aromatic heterocycles. The fourth-order valence-corrected chi connectivity index (χ4v) is 3.08. The van der Waals surface area contributed by atoms with Crippen LogP contribution in [0, 0.1) is 0 Å². The summed E-state index contributed by atoms with van der Waals surface area (Å²) in [7, 11) is 0. The van der Waals surface area contributed by atoms with Crippen LogP contribution in [0.3, 0.4) is 0 Å². The molecule has 1 saturated carbocycles. The Morgan fingerprint density at radius 3 is 2.87 bits per heavy atom. The van der Waals surface area contributed by atoms with Crippen molar-refractivity contribution in [2.75, 3.05) is 5.32 Å². The van der Waals surface area contributed by atoms with Crippen molar-refractivity contribution < 1.29 is 4.79 Å². The first kappa shape index (κ1) is 14.4. The number of hydrogen-bond donors (Lipinski definition) is 1. The van der Waals surface area contributed by atoms with Gasteiger partial charge in [0.25, 0.3) is 5.91 Å². The van der Waals surface area contributed by atoms with Gasteiger partial charge in [-0.2, -0.15) is 5.10 Å². The third-order valence-corrected chi connectivity index (χ3v) is 4.68. The molecule has 0 atom stereocenters. The summed E-state index contributed by atoms with van der Waals surface area (Å²) < 4.78 is 2.61. The highest BCUT2D eigenvalue weighted by Crippen LogP contribution is 2.35. The van der Waals surface area contributed by atoms with Crippen molar-refractivity contribution in [2.45, 2.75) is 25.2 Å². The monoisotopic (exact) mass is 370 g/mol. The first-order chi connectivity index (χ1) is 11.2. The molecule has 1 aromatic carbocycles. The molecule has 3 aromatic rings. The summed E-state index contributed by atoms with van der Waals surface area (Å²) in [4.78, 5) is 17.1. The summed E-state index contributed by atoms with van der Waals surface area (Å²) in [6, 6.07) is 11.0. The van der Waals surface area contributed by atoms with E-state index >= 15 is 0 Å². The van der Waals surface area contributed by atoms with Gasteiger partial charge < -0.3 is 5.32 Å². The lowest BCUT2D eigenvalue weighted by Crippen LogP contribution is -2.12. The van der Waals surface area contributed by atoms with E-state index in [2.05, 4.69) is 31.3 Å². The van der Waals surface area contributed by atoms with Gasteiger partial charge in [-0.3, -0.25) is 4.79 Å². The minimum absolute atomic E-state index is 0.160. The first-order valence-corrected chi connectivity index (χ1v) is 8.42. The lowest BCUT2D eigenvalue weighted by Gasteiger charge is -2.21. The number of anilines is 1. The van der Waals surface area contributed by atoms with Crippen LogP contribution in [0.4, 0.5) is 5.69 Å². The first-order valence-electron chi connectivity index (χ1n) is 7.63. The molecule has 0 unspecified atom stereocenters. The Balaban J connectivity index is 1.65. The van der Waals surface area contributed by atoms with Crippen molar-refractivity contribution in [1.29, 1.82) is 0 Å². The molecule has 0 saturated heterocycles. The van der Waals surface area contributed by atoms with Crippen molar-refractivity contribution in [1.82, 2.24) is 14.6 Å². The van der Waals surface area contributed by atoms with E-state index in [4.69, 9.17) is 0 Å². The van der Waals surface area contributed by atoms with Crippen molar-refractivity contribution in [3.05, 3.63) is 58.5 Å². The van der Waals surface area contributed by atoms with E-state index < -0.39 is 0 Å². The molecule has 4 rings (SSSR count). The molecule has 2 heterocycles. The SMILES string of the molecule is O=C(Nc1cccn2nc(C3CCC3)nc12)c1cccc(Br)c1. The number of carbonyl (C=O) groups is 1. The Labute approximate surface area is 141 Å². The maximum absolute atomic E-state index is 12.4. The van der Waals surface area contributed by atoms with Gasteiger partial charge in [0.1, 0.15) is 0 Å². The Morgan fingerprint density at radius 2 is 2.13 bits per heavy atom. The number of pyridine rings is 1. The van der Waals surface area contributed by atoms with Gasteiger partial charge in [0.2, 0.25) is 0 Å². The molecule has 0 radical (unpaired) electrons. The van der Waals surface area contributed by atoms with Gasteiger partial charge in [0.15, 0.2) is 11.5 Å². The molecule has 23 heavy (non-hydrogen) atoms. The Bertz CT molecular complexity index is 885. The van der Waals surface area contributed by atoms with Crippen LogP contribution in [-0.4, -0.2) is 20.5 Å². The number of hydrogen-bond acceptors (Lipinski definition) is 3. The van der Waals surface area contributed by atoms with Gasteiger partial charge in [0, 0.05) is 22.2 Å². The molecule has 5 nitrogen and oxygen atoms in total. The van der Waals surface area contributed by atoms with E-state index in [0.29, 0.717) is 22.8 Å². The van der Waals surface area contributed by atoms with Gasteiger partial charge in [-0.15, -0.1) is 0 Å². The Morgan fingerprint density at radius 1 is 1.26 bits per heavy atom. The molecule has 0 bridgehead atoms. The topological polar surface area (TPSA) is 59.3 Å². The fraction of sp³-hybridized carbons (Fsp3) is 0.235. The molecular formula is C17H15BrN4O. The van der Waals surface area contributed by atoms with Crippen molar-refractivity contribution >= 4 is 33.2 Å². The van der Waals surface area contributed by atoms with Crippen LogP contribution in [0.1, 0.15) is 41.4 Å². The second-order valence-electron chi connectivity index (χ2n) is 5.75. The van der Waals surface area contributed by atoms with Gasteiger partial charge in [0.05, 0.1) is 5.69 Å². The lowest BCUT2D eigenvalue weighted by atomic mass is 9.85. The minimum Gasteiger partial charge on any atom is -0.319 e. The maximum Gasteiger partial charge on any atom is 0.255 e. The Kier molecular flexibility index (Phi) is 3.61. The van der Waals surface area contributed by atoms with Crippen LogP contribution in [0.15, 0.2) is 47.1 Å². The zero-order valence-corrected chi connectivity index (χ0v) is 14.0. The summed E-state index contributed by atoms with van der Waals surface area (Å²) in [6.45, 7) is 0. The number of fused-ring (bicyclic) bond motifs is 1. The number of halogens is 1. The molecular weight excluding hydrogens is 356 g/mol. The van der Waals surface area contributed by atoms with E-state index in [9.17, 15) is 4.79 Å². The average molecular weight is 371 g/mol. The molecule has 116 valence electrons. The van der Waals surface area contributed by atoms with Gasteiger partial charge >= 0.3 is 0 Å². The highest BCUT2D eigenvalue weighted by Gasteiger charge is 2.24. The minimum atomic E-state index is -0.160. The van der Waals surface area contributed by atoms with Crippen LogP contribution in [0.5, 0.6) is 0 Å². The van der Waals surface area contributed by atoms with Crippen LogP contribution in [0.2, 0.25) is 0 Å². The van der Waals surface area contributed by atoms with Crippen LogP contribution in [-0.2, 0) is 0 Å². The summed E-state index contributed by atoms with van der Waals surface area (Å²) >= 11 is 3.38. The predicted octanol–water partition coefficient (Wildman–Crippen LogP) is 4.01. The van der Waals surface area contributed by atoms with Gasteiger partial charge in [-0.1, -0.05) is 28.4 Å². The summed E-state index contributed by atoms with van der Waals surface area (Å²) in [5.74, 6) is 1.18. The van der Waals surface area contributed by atoms with E-state index in [-0.39, 0.29) is 5.91 Å². The normalized spacial score (nSPS) is 14.7. The quantitative estimate of drug-likeness (QED) is 0.757. The third-order valence-electron chi connectivity index (χ3n) is 4.18. The van der Waals surface area contributed by atoms with Crippen LogP contribution in [0.25, 0.3) is 5.65 Å². The fourth-order valence-electron chi connectivity index (χ4n) is 2.68. The average Bonchev–Trinajstić information content (AvgIpc) is 2.89. The number of nitrogens with one attached hydrogen (secondary N) is 1. The maximum atomic E-state index is 12.4. The van der Waals surface area contributed by atoms with E-state index in [1.54, 1.807) is 16.6 Å². The molecule has 1 amide bonds. The van der Waals surface area contributed by atoms with Crippen molar-refractivity contribution in [3.63, 3.8) is 0 Å². The third kappa shape index (κ3) is 2.74. The smallest absolute Gasteiger partial charge is 0.255 e. The summed E-state index contributed by atoms with van der Waals surface area (Å²) in [5, 5.41) is 7.47. The molecule has 6 heteroatoms. The van der Waals surface area contributed by atoms with E-state index in [0.717, 1.165) is 23.1 Å². The largest absolute Gasteiger partial charge is 0.319 e. The number of benzene rings is 1. The van der Waals surface area contributed by atoms with Crippen molar-refractivity contribution in [3.8, 4) is 0 Å². The summed E-state index contributed by atoms with van der Waals surface area (Å²) in [5.41, 5.74) is 1.97. The van der Waals surface area contributed by atoms with E-state index in [1.807, 2.05) is 30.5 Å². The molecule has 0 spiro atoms. The van der Waals surface area contributed by atoms with Crippen LogP contribution >= 0.6 is 15.9 Å². The standard InChI is InChI=1S/C17H15BrN4O/c18-13-7-2-6-12(10-13)17(23)19-14-8-3-9-22-16(14)20-15(21-22)11-4-1-5-11/h2-3,6-11H,1,4-5H2,(H,19,23). The molecule has 1 aliphatic carbocycles. The number of carbonyl (C=O) groups excluding carboxylic acids is 1. The number of rotatable bonds is 3. The number of nitrogens with zero attached hydrogens (tertiary/aromatic N) is 3. The number of aromatic nitrogens is 3. The molecule has 1 N–H and O–H groups in total. The van der Waals surface area contributed by atoms with Gasteiger partial charge in [-0.05, 0) is 43.2 Å². The molecule has 0 aliphatic heterocycles. The highest BCUT2D eigenvalue weighted by atomic mass is 79.9. The predicted molar refractivity (Wildman–Crippen MR) is 91.7 cm³/mol. The second-order valence-corrected chi connectivity index (χ2v) is 6.67. The Hall–Kier alpha value is -2.21. The lowest BCUT2D eigenvalue weighted by molar-refractivity contribution is 0.102. The van der Waals surface area contributed by atoms with Crippen LogP contribution < -0.4 is 5.32 Å². The highest BCUT2D eigenvalue weighted by molar-refractivity contribution is 9.10. The van der Waals surface area contributed by atoms with E-state index in [1.165, 1.54) is 6.42 Å². The molecule has 1 aliphatic rings. The zero-order chi connectivity index (χ0) is 15.8. The van der Waals surface area contributed by atoms with Gasteiger partial charge in [-0.25, -0.2) is 9.50 Å². The zero-order valence-electron chi connectivity index (χ0n) is 12.4. The second kappa shape index (κ2) is 5.77.